The van der Waals surface area contributed by atoms with Crippen molar-refractivity contribution in [3.05, 3.63) is 132 Å². The highest BCUT2D eigenvalue weighted by Crippen LogP contribution is 2.33. The van der Waals surface area contributed by atoms with E-state index in [0.29, 0.717) is 38.8 Å². The van der Waals surface area contributed by atoms with Crippen molar-refractivity contribution in [1.82, 2.24) is 52.1 Å². The second-order valence-corrected chi connectivity index (χ2v) is 25.3. The number of fused-ring (bicyclic) bond motifs is 8. The third kappa shape index (κ3) is 15.4. The molecule has 9 rings (SSSR count). The van der Waals surface area contributed by atoms with Gasteiger partial charge in [0.2, 0.25) is 23.6 Å². The van der Waals surface area contributed by atoms with Gasteiger partial charge in [-0.3, -0.25) is 58.3 Å². The number of aliphatic hydroxyl groups excluding tert-OH is 1. The number of aromatic nitrogens is 2. The molecule has 4 aromatic carbocycles. The van der Waals surface area contributed by atoms with Crippen LogP contribution < -0.4 is 32.1 Å². The number of nitrogens with zero attached hydrogens (tertiary/aromatic N) is 4. The number of carboxylic acids is 1. The lowest BCUT2D eigenvalue weighted by atomic mass is 9.82. The summed E-state index contributed by atoms with van der Waals surface area (Å²) in [5.74, 6) is -4.48. The molecule has 0 radical (unpaired) electrons. The maximum atomic E-state index is 13.7. The number of esters is 1. The average molecular weight is 1220 g/mol. The molecule has 2 aromatic heterocycles. The molecule has 21 nitrogen and oxygen atoms in total. The number of nitrogens with one attached hydrogen (secondary N) is 6. The summed E-state index contributed by atoms with van der Waals surface area (Å²) in [6.07, 6.45) is 4.51. The lowest BCUT2D eigenvalue weighted by molar-refractivity contribution is -0.157. The fourth-order valence-electron chi connectivity index (χ4n) is 11.0. The number of ether oxygens (including phenoxy) is 1. The highest BCUT2D eigenvalue weighted by molar-refractivity contribution is 5.97. The Bertz CT molecular complexity index is 3660. The number of carbonyl (C=O) groups excluding carboxylic acids is 7. The van der Waals surface area contributed by atoms with Gasteiger partial charge in [0.25, 0.3) is 11.8 Å². The lowest BCUT2D eigenvalue weighted by Gasteiger charge is -2.35. The number of hydrogen-bond acceptors (Lipinski definition) is 14. The van der Waals surface area contributed by atoms with Crippen molar-refractivity contribution in [3.8, 4) is 22.5 Å². The summed E-state index contributed by atoms with van der Waals surface area (Å²) in [5, 5.41) is 37.0. The zero-order valence-electron chi connectivity index (χ0n) is 52.8. The fourth-order valence-corrected chi connectivity index (χ4v) is 11.0. The molecular formula is C68H84N10O11. The average Bonchev–Trinajstić information content (AvgIpc) is 1.26. The number of hydrazine groups is 2. The first-order valence-corrected chi connectivity index (χ1v) is 30.5. The number of aliphatic carboxylic acids is 1. The first kappa shape index (κ1) is 66.3. The van der Waals surface area contributed by atoms with E-state index in [2.05, 4.69) is 42.1 Å². The van der Waals surface area contributed by atoms with Crippen LogP contribution in [0.15, 0.2) is 109 Å². The van der Waals surface area contributed by atoms with E-state index >= 15 is 0 Å². The Morgan fingerprint density at radius 3 is 2.00 bits per heavy atom. The van der Waals surface area contributed by atoms with Crippen molar-refractivity contribution in [3.63, 3.8) is 0 Å². The van der Waals surface area contributed by atoms with Crippen molar-refractivity contribution in [2.24, 2.45) is 11.8 Å². The maximum Gasteiger partial charge on any atom is 0.325 e. The molecule has 8 N–H and O–H groups in total. The van der Waals surface area contributed by atoms with Crippen molar-refractivity contribution >= 4 is 68.9 Å². The van der Waals surface area contributed by atoms with Crippen LogP contribution in [-0.2, 0) is 53.9 Å². The second-order valence-electron chi connectivity index (χ2n) is 25.3. The Kier molecular flexibility index (Phi) is 20.7. The summed E-state index contributed by atoms with van der Waals surface area (Å²) < 4.78 is 5.86. The number of hydrogen-bond donors (Lipinski definition) is 8. The summed E-state index contributed by atoms with van der Waals surface area (Å²) in [5.41, 5.74) is 9.98. The molecule has 21 heteroatoms. The summed E-state index contributed by atoms with van der Waals surface area (Å²) in [6, 6.07) is 25.6. The molecule has 6 aromatic rings. The van der Waals surface area contributed by atoms with Crippen molar-refractivity contribution in [2.75, 3.05) is 13.1 Å². The predicted molar refractivity (Wildman–Crippen MR) is 338 cm³/mol. The Morgan fingerprint density at radius 2 is 1.36 bits per heavy atom. The number of cyclic esters (lactones) is 1. The minimum absolute atomic E-state index is 0.241. The number of aliphatic hydroxyl groups is 1. The standard InChI is InChI=1S/C34H43N5O6.C34H41N5O5/c1-19(2)29(30(41)36-20(3)31(42)39-14-8-11-27(38-39)32(43)44)37-33(45)34(5,6)26-10-7-9-23(16-26)28-17-25-15-22(21(4)40)12-13-24(25)18-35-28;1-19(2)29-30(40)36-20(3)31(41)39-14-8-11-27(38-39)32(42)44-21(4)22-12-13-24-18-35-28(17-25(24)15-22)23-9-7-10-26(16-23)34(5,6)33(43)37-29/h7,9-10,12-13,15-21,27,29,38,40H,8,11,14H2,1-6H3,(H,36,41)(H,37,45)(H,43,44);7,9-10,12-13,15-21,27,29,38H,8,11,14H2,1-6H3,(H,36,40)(H,37,43)/t2*20-,21+,27-,29-/m00/s1. The van der Waals surface area contributed by atoms with Gasteiger partial charge >= 0.3 is 11.9 Å². The van der Waals surface area contributed by atoms with Gasteiger partial charge in [0, 0.05) is 47.4 Å². The van der Waals surface area contributed by atoms with Crippen LogP contribution in [-0.4, -0.2) is 127 Å². The largest absolute Gasteiger partial charge is 0.480 e. The predicted octanol–water partition coefficient (Wildman–Crippen LogP) is 7.40. The number of rotatable bonds is 11. The van der Waals surface area contributed by atoms with Gasteiger partial charge in [-0.15, -0.1) is 0 Å². The van der Waals surface area contributed by atoms with Crippen LogP contribution in [0.3, 0.4) is 0 Å². The number of pyridine rings is 2. The van der Waals surface area contributed by atoms with Crippen LogP contribution in [0.1, 0.15) is 143 Å². The third-order valence-electron chi connectivity index (χ3n) is 17.0. The second kappa shape index (κ2) is 27.8. The van der Waals surface area contributed by atoms with Gasteiger partial charge in [0.1, 0.15) is 42.4 Å². The highest BCUT2D eigenvalue weighted by Gasteiger charge is 2.39. The van der Waals surface area contributed by atoms with Crippen LogP contribution in [0.5, 0.6) is 0 Å². The molecule has 3 aliphatic heterocycles. The summed E-state index contributed by atoms with van der Waals surface area (Å²) in [6.45, 7) is 21.9. The Labute approximate surface area is 519 Å². The summed E-state index contributed by atoms with van der Waals surface area (Å²) in [7, 11) is 0. The molecule has 7 bridgehead atoms. The molecule has 472 valence electrons. The van der Waals surface area contributed by atoms with E-state index in [-0.39, 0.29) is 29.6 Å². The first-order valence-electron chi connectivity index (χ1n) is 30.5. The van der Waals surface area contributed by atoms with Gasteiger partial charge in [0.15, 0.2) is 0 Å². The minimum Gasteiger partial charge on any atom is -0.480 e. The molecule has 5 heterocycles. The first-order chi connectivity index (χ1) is 42.0. The SMILES string of the molecule is CC(C)[C@@H]1NC(=O)C(C)(C)c2cccc(c2)-c2cc3cc(ccc3cn2)[C@@H](C)OC(=O)[C@@H]2CCCN(N2)C(=O)[C@H](C)NC1=O.CC(C)[C@H](NC(=O)C(C)(C)c1cccc(-c2cc3cc([C@@H](C)O)ccc3cn2)c1)C(=O)N[C@@H](C)C(=O)N1CCC[C@@H](C(=O)O)N1. The van der Waals surface area contributed by atoms with E-state index in [1.54, 1.807) is 40.1 Å². The quantitative estimate of drug-likeness (QED) is 0.0587. The normalized spacial score (nSPS) is 21.1. The van der Waals surface area contributed by atoms with Crippen molar-refractivity contribution in [2.45, 2.75) is 168 Å². The molecular weight excluding hydrogens is 1130 g/mol. The Morgan fingerprint density at radius 1 is 0.730 bits per heavy atom. The van der Waals surface area contributed by atoms with Crippen molar-refractivity contribution in [1.29, 1.82) is 0 Å². The molecule has 89 heavy (non-hydrogen) atoms. The zero-order chi connectivity index (χ0) is 64.8. The molecule has 0 aliphatic carbocycles. The van der Waals surface area contributed by atoms with Gasteiger partial charge < -0.3 is 36.2 Å². The van der Waals surface area contributed by atoms with E-state index in [0.717, 1.165) is 66.3 Å². The molecule has 0 spiro atoms. The number of benzene rings is 4. The molecule has 0 unspecified atom stereocenters. The lowest BCUT2D eigenvalue weighted by Crippen LogP contribution is -2.61. The van der Waals surface area contributed by atoms with Gasteiger partial charge in [-0.1, -0.05) is 88.4 Å². The Hall–Kier alpha value is -8.66. The van der Waals surface area contributed by atoms with Crippen LogP contribution >= 0.6 is 0 Å². The maximum absolute atomic E-state index is 13.7. The number of amides is 6. The van der Waals surface area contributed by atoms with E-state index in [1.165, 1.54) is 16.9 Å². The number of carboxylic acid groups (broad SMARTS) is 1. The zero-order valence-corrected chi connectivity index (χ0v) is 52.8. The molecule has 3 aliphatic rings. The van der Waals surface area contributed by atoms with Crippen LogP contribution in [0.4, 0.5) is 0 Å². The van der Waals surface area contributed by atoms with Crippen molar-refractivity contribution < 1.29 is 53.3 Å². The Balaban J connectivity index is 0.000000230. The number of carbonyl (C=O) groups is 8. The van der Waals surface area contributed by atoms with Crippen LogP contribution in [0, 0.1) is 11.8 Å². The highest BCUT2D eigenvalue weighted by atomic mass is 16.5. The summed E-state index contributed by atoms with van der Waals surface area (Å²) in [4.78, 5) is 114. The van der Waals surface area contributed by atoms with Crippen LogP contribution in [0.25, 0.3) is 44.1 Å². The minimum atomic E-state index is -1.04. The van der Waals surface area contributed by atoms with Crippen LogP contribution in [0.2, 0.25) is 0 Å². The smallest absolute Gasteiger partial charge is 0.325 e. The van der Waals surface area contributed by atoms with Gasteiger partial charge in [-0.05, 0) is 162 Å². The molecule has 0 saturated carbocycles. The van der Waals surface area contributed by atoms with E-state index in [4.69, 9.17) is 4.74 Å². The van der Waals surface area contributed by atoms with E-state index < -0.39 is 88.9 Å². The molecule has 6 amide bonds. The van der Waals surface area contributed by atoms with Gasteiger partial charge in [-0.2, -0.15) is 0 Å². The van der Waals surface area contributed by atoms with Gasteiger partial charge in [0.05, 0.1) is 28.3 Å². The van der Waals surface area contributed by atoms with E-state index in [9.17, 15) is 48.6 Å². The molecule has 2 saturated heterocycles. The third-order valence-corrected chi connectivity index (χ3v) is 17.0. The van der Waals surface area contributed by atoms with Gasteiger partial charge in [-0.25, -0.2) is 10.9 Å². The monoisotopic (exact) mass is 1220 g/mol. The van der Waals surface area contributed by atoms with E-state index in [1.807, 2.05) is 146 Å². The summed E-state index contributed by atoms with van der Waals surface area (Å²) >= 11 is 0. The fraction of sp³-hybridized carbons (Fsp3) is 0.441. The molecule has 2 fully saturated rings. The topological polar surface area (TPSA) is 291 Å². The molecule has 8 atom stereocenters.